The molecule has 0 amide bonds. The molecule has 1 saturated heterocycles. The molecule has 0 aromatic heterocycles. The van der Waals surface area contributed by atoms with E-state index < -0.39 is 8.32 Å². The second-order valence-corrected chi connectivity index (χ2v) is 18.3. The zero-order valence-electron chi connectivity index (χ0n) is 21.5. The Labute approximate surface area is 197 Å². The highest BCUT2D eigenvalue weighted by molar-refractivity contribution is 6.69. The lowest BCUT2D eigenvalue weighted by atomic mass is 9.43. The van der Waals surface area contributed by atoms with Gasteiger partial charge in [0.15, 0.2) is 14.1 Å². The van der Waals surface area contributed by atoms with Gasteiger partial charge in [0.2, 0.25) is 0 Å². The van der Waals surface area contributed by atoms with Crippen molar-refractivity contribution in [3.63, 3.8) is 0 Å². The minimum Gasteiger partial charge on any atom is -0.417 e. The van der Waals surface area contributed by atoms with Gasteiger partial charge in [-0.05, 0) is 105 Å². The van der Waals surface area contributed by atoms with E-state index in [1.165, 1.54) is 32.1 Å². The summed E-state index contributed by atoms with van der Waals surface area (Å²) < 4.78 is 18.6. The predicted molar refractivity (Wildman–Crippen MR) is 130 cm³/mol. The molecule has 0 aromatic carbocycles. The van der Waals surface area contributed by atoms with Crippen LogP contribution in [-0.4, -0.2) is 45.1 Å². The molecule has 4 unspecified atom stereocenters. The molecule has 5 fully saturated rings. The van der Waals surface area contributed by atoms with Gasteiger partial charge >= 0.3 is 0 Å². The summed E-state index contributed by atoms with van der Waals surface area (Å²) in [6.07, 6.45) is 9.23. The van der Waals surface area contributed by atoms with Crippen molar-refractivity contribution in [2.45, 2.75) is 104 Å². The second-order valence-electron chi connectivity index (χ2n) is 13.7. The zero-order valence-corrected chi connectivity index (χ0v) is 22.5. The first-order valence-corrected chi connectivity index (χ1v) is 17.0. The molecule has 1 heterocycles. The van der Waals surface area contributed by atoms with E-state index >= 15 is 0 Å². The summed E-state index contributed by atoms with van der Waals surface area (Å²) in [6, 6.07) is 0. The quantitative estimate of drug-likeness (QED) is 0.530. The van der Waals surface area contributed by atoms with Crippen molar-refractivity contribution >= 4 is 8.32 Å². The molecule has 1 aliphatic heterocycles. The maximum atomic E-state index is 11.6. The summed E-state index contributed by atoms with van der Waals surface area (Å²) in [6.45, 7) is 16.9. The first kappa shape index (κ1) is 23.8. The predicted octanol–water partition coefficient (Wildman–Crippen LogP) is 5.85. The Bertz CT molecular complexity index is 700. The smallest absolute Gasteiger partial charge is 0.183 e. The van der Waals surface area contributed by atoms with Crippen molar-refractivity contribution in [1.29, 1.82) is 0 Å². The van der Waals surface area contributed by atoms with Crippen LogP contribution in [0.25, 0.3) is 0 Å². The lowest BCUT2D eigenvalue weighted by Crippen LogP contribution is -2.60. The van der Waals surface area contributed by atoms with Gasteiger partial charge in [-0.3, -0.25) is 0 Å². The van der Waals surface area contributed by atoms with Crippen LogP contribution in [0.3, 0.4) is 0 Å². The van der Waals surface area contributed by atoms with Crippen LogP contribution in [0.5, 0.6) is 0 Å². The molecule has 0 aromatic rings. The Kier molecular flexibility index (Phi) is 5.98. The van der Waals surface area contributed by atoms with E-state index in [4.69, 9.17) is 13.9 Å². The number of rotatable bonds is 4. The highest BCUT2D eigenvalue weighted by Gasteiger charge is 2.64. The molecule has 5 aliphatic rings. The second kappa shape index (κ2) is 8.04. The number of ether oxygens (including phenoxy) is 2. The summed E-state index contributed by atoms with van der Waals surface area (Å²) >= 11 is 0. The van der Waals surface area contributed by atoms with Gasteiger partial charge in [0, 0.05) is 19.4 Å². The molecule has 0 bridgehead atoms. The van der Waals surface area contributed by atoms with Crippen LogP contribution in [0.2, 0.25) is 19.6 Å². The molecule has 5 rings (SSSR count). The van der Waals surface area contributed by atoms with E-state index in [1.807, 2.05) is 0 Å². The van der Waals surface area contributed by atoms with Gasteiger partial charge in [-0.2, -0.15) is 0 Å². The third kappa shape index (κ3) is 3.77. The van der Waals surface area contributed by atoms with Crippen LogP contribution < -0.4 is 0 Å². The Morgan fingerprint density at radius 1 is 0.969 bits per heavy atom. The third-order valence-electron chi connectivity index (χ3n) is 11.0. The van der Waals surface area contributed by atoms with Gasteiger partial charge in [0.25, 0.3) is 0 Å². The lowest BCUT2D eigenvalue weighted by molar-refractivity contribution is -0.243. The van der Waals surface area contributed by atoms with Gasteiger partial charge in [-0.25, -0.2) is 0 Å². The number of aliphatic hydroxyl groups is 1. The number of hydrogen-bond acceptors (Lipinski definition) is 4. The Hall–Kier alpha value is 0.0569. The van der Waals surface area contributed by atoms with Crippen molar-refractivity contribution in [3.8, 4) is 0 Å². The molecule has 1 N–H and O–H groups in total. The van der Waals surface area contributed by atoms with E-state index in [9.17, 15) is 5.11 Å². The summed E-state index contributed by atoms with van der Waals surface area (Å²) in [5.41, 5.74) is 0.692. The molecule has 32 heavy (non-hydrogen) atoms. The van der Waals surface area contributed by atoms with Gasteiger partial charge in [-0.1, -0.05) is 20.8 Å². The number of hydrogen-bond donors (Lipinski definition) is 1. The monoisotopic (exact) mass is 464 g/mol. The van der Waals surface area contributed by atoms with Gasteiger partial charge in [0.05, 0.1) is 19.3 Å². The first-order valence-electron chi connectivity index (χ1n) is 13.6. The highest BCUT2D eigenvalue weighted by atomic mass is 28.4. The van der Waals surface area contributed by atoms with Crippen molar-refractivity contribution in [2.75, 3.05) is 19.8 Å². The van der Waals surface area contributed by atoms with Crippen LogP contribution in [0, 0.1) is 46.3 Å². The van der Waals surface area contributed by atoms with Crippen LogP contribution in [-0.2, 0) is 13.9 Å². The molecule has 4 saturated carbocycles. The van der Waals surface area contributed by atoms with Crippen LogP contribution >= 0.6 is 0 Å². The van der Waals surface area contributed by atoms with E-state index in [0.29, 0.717) is 40.4 Å². The van der Waals surface area contributed by atoms with E-state index in [1.54, 1.807) is 0 Å². The van der Waals surface area contributed by atoms with E-state index in [-0.39, 0.29) is 11.9 Å². The molecule has 4 nitrogen and oxygen atoms in total. The lowest BCUT2D eigenvalue weighted by Gasteiger charge is -2.63. The minimum atomic E-state index is -1.48. The van der Waals surface area contributed by atoms with Crippen LogP contribution in [0.4, 0.5) is 0 Å². The third-order valence-corrected chi connectivity index (χ3v) is 12.1. The molecule has 1 spiro atoms. The van der Waals surface area contributed by atoms with Crippen LogP contribution in [0.1, 0.15) is 72.1 Å². The molecule has 184 valence electrons. The number of fused-ring (bicyclic) bond motifs is 5. The number of aliphatic hydroxyl groups excluding tert-OH is 1. The van der Waals surface area contributed by atoms with Gasteiger partial charge < -0.3 is 19.0 Å². The molecular formula is C27H48O4Si. The minimum absolute atomic E-state index is 0.161. The topological polar surface area (TPSA) is 47.9 Å². The largest absolute Gasteiger partial charge is 0.417 e. The Morgan fingerprint density at radius 3 is 2.34 bits per heavy atom. The van der Waals surface area contributed by atoms with E-state index in [2.05, 4.69) is 40.4 Å². The summed E-state index contributed by atoms with van der Waals surface area (Å²) in [4.78, 5) is 0. The average molecular weight is 465 g/mol. The maximum Gasteiger partial charge on any atom is 0.183 e. The van der Waals surface area contributed by atoms with Crippen molar-refractivity contribution in [3.05, 3.63) is 0 Å². The summed E-state index contributed by atoms with van der Waals surface area (Å²) in [5.74, 6) is 3.33. The average Bonchev–Trinajstić information content (AvgIpc) is 3.31. The first-order chi connectivity index (χ1) is 15.0. The van der Waals surface area contributed by atoms with Gasteiger partial charge in [-0.15, -0.1) is 0 Å². The fourth-order valence-electron chi connectivity index (χ4n) is 9.40. The molecular weight excluding hydrogens is 416 g/mol. The fraction of sp³-hybridized carbons (Fsp3) is 1.00. The molecule has 0 radical (unpaired) electrons. The molecule has 4 aliphatic carbocycles. The van der Waals surface area contributed by atoms with Crippen LogP contribution in [0.15, 0.2) is 0 Å². The Balaban J connectivity index is 1.34. The standard InChI is InChI=1S/C27H48O4Si/c1-18(17-31-32(4,5)6)20-7-8-21-24-22(9-10-26(20,21)3)25(2)11-12-27(29-13-14-30-27)16-19(25)15-23(24)28/h18-24,28H,7-17H2,1-6H3/t18?,19-,20+,21?,22?,23+,24?,25-,26+/m0/s1. The van der Waals surface area contributed by atoms with Gasteiger partial charge in [0.1, 0.15) is 0 Å². The van der Waals surface area contributed by atoms with Crippen molar-refractivity contribution in [1.82, 2.24) is 0 Å². The summed E-state index contributed by atoms with van der Waals surface area (Å²) in [5, 5.41) is 11.6. The zero-order chi connectivity index (χ0) is 22.9. The Morgan fingerprint density at radius 2 is 1.66 bits per heavy atom. The van der Waals surface area contributed by atoms with E-state index in [0.717, 1.165) is 45.0 Å². The van der Waals surface area contributed by atoms with Crippen molar-refractivity contribution < 1.29 is 19.0 Å². The highest BCUT2D eigenvalue weighted by Crippen LogP contribution is 2.69. The fourth-order valence-corrected chi connectivity index (χ4v) is 10.2. The molecule has 5 heteroatoms. The summed E-state index contributed by atoms with van der Waals surface area (Å²) in [7, 11) is -1.48. The molecule has 9 atom stereocenters. The van der Waals surface area contributed by atoms with Crippen molar-refractivity contribution in [2.24, 2.45) is 46.3 Å². The SMILES string of the molecule is CC(CO[Si](C)(C)C)[C@H]1CCC2C3C(CC[C@@]21C)[C@@]1(C)CCC2(C[C@@H]1C[C@H]3O)OCCO2. The maximum absolute atomic E-state index is 11.6. The normalized spacial score (nSPS) is 48.8.